The van der Waals surface area contributed by atoms with E-state index in [1.165, 1.54) is 35.6 Å². The fourth-order valence-electron chi connectivity index (χ4n) is 3.30. The van der Waals surface area contributed by atoms with E-state index in [-0.39, 0.29) is 0 Å². The summed E-state index contributed by atoms with van der Waals surface area (Å²) in [5.74, 6) is 1.28. The summed E-state index contributed by atoms with van der Waals surface area (Å²) in [5.41, 5.74) is 0. The highest BCUT2D eigenvalue weighted by molar-refractivity contribution is 7.11. The molecule has 1 saturated heterocycles. The van der Waals surface area contributed by atoms with Gasteiger partial charge < -0.3 is 5.11 Å². The van der Waals surface area contributed by atoms with Gasteiger partial charge in [-0.25, -0.2) is 4.98 Å². The first-order chi connectivity index (χ1) is 9.35. The van der Waals surface area contributed by atoms with Crippen molar-refractivity contribution in [1.82, 2.24) is 9.88 Å². The van der Waals surface area contributed by atoms with E-state index in [9.17, 15) is 0 Å². The number of hydrogen-bond donors (Lipinski definition) is 1. The SMILES string of the molecule is OCC1CCN(Cc2cnc(C3CCCC3)s2)CC1. The molecule has 3 rings (SSSR count). The van der Waals surface area contributed by atoms with E-state index in [0.717, 1.165) is 38.4 Å². The van der Waals surface area contributed by atoms with Crippen LogP contribution in [0.4, 0.5) is 0 Å². The van der Waals surface area contributed by atoms with Crippen molar-refractivity contribution in [3.8, 4) is 0 Å². The van der Waals surface area contributed by atoms with E-state index in [1.54, 1.807) is 0 Å². The van der Waals surface area contributed by atoms with Crippen LogP contribution in [0.1, 0.15) is 54.3 Å². The van der Waals surface area contributed by atoms with E-state index in [1.807, 2.05) is 11.3 Å². The largest absolute Gasteiger partial charge is 0.396 e. The van der Waals surface area contributed by atoms with E-state index < -0.39 is 0 Å². The topological polar surface area (TPSA) is 36.4 Å². The quantitative estimate of drug-likeness (QED) is 0.921. The van der Waals surface area contributed by atoms with Crippen LogP contribution in [0.15, 0.2) is 6.20 Å². The number of hydrogen-bond acceptors (Lipinski definition) is 4. The number of rotatable bonds is 4. The van der Waals surface area contributed by atoms with Gasteiger partial charge in [0.1, 0.15) is 0 Å². The van der Waals surface area contributed by atoms with Gasteiger partial charge in [0.25, 0.3) is 0 Å². The van der Waals surface area contributed by atoms with E-state index in [2.05, 4.69) is 16.1 Å². The first kappa shape index (κ1) is 13.5. The van der Waals surface area contributed by atoms with Crippen LogP contribution in [-0.4, -0.2) is 34.7 Å². The average Bonchev–Trinajstić information content (AvgIpc) is 3.10. The molecule has 0 atom stereocenters. The third-order valence-corrected chi connectivity index (χ3v) is 5.77. The normalized spacial score (nSPS) is 23.2. The Morgan fingerprint density at radius 3 is 2.63 bits per heavy atom. The Morgan fingerprint density at radius 2 is 1.95 bits per heavy atom. The highest BCUT2D eigenvalue weighted by atomic mass is 32.1. The van der Waals surface area contributed by atoms with Gasteiger partial charge in [-0.1, -0.05) is 12.8 Å². The van der Waals surface area contributed by atoms with Crippen LogP contribution in [0.25, 0.3) is 0 Å². The van der Waals surface area contributed by atoms with E-state index in [0.29, 0.717) is 12.5 Å². The van der Waals surface area contributed by atoms with Crippen LogP contribution in [0, 0.1) is 5.92 Å². The van der Waals surface area contributed by atoms with Crippen LogP contribution < -0.4 is 0 Å². The van der Waals surface area contributed by atoms with Crippen LogP contribution in [0.3, 0.4) is 0 Å². The Labute approximate surface area is 119 Å². The van der Waals surface area contributed by atoms with Crippen molar-refractivity contribution < 1.29 is 5.11 Å². The molecule has 1 N–H and O–H groups in total. The van der Waals surface area contributed by atoms with Crippen LogP contribution in [0.2, 0.25) is 0 Å². The molecule has 4 heteroatoms. The number of nitrogens with zero attached hydrogens (tertiary/aromatic N) is 2. The number of likely N-dealkylation sites (tertiary alicyclic amines) is 1. The number of aromatic nitrogens is 1. The molecule has 106 valence electrons. The maximum Gasteiger partial charge on any atom is 0.0959 e. The van der Waals surface area contributed by atoms with Crippen molar-refractivity contribution in [1.29, 1.82) is 0 Å². The van der Waals surface area contributed by atoms with Gasteiger partial charge >= 0.3 is 0 Å². The molecule has 0 amide bonds. The number of aliphatic hydroxyl groups is 1. The lowest BCUT2D eigenvalue weighted by atomic mass is 9.98. The second-order valence-corrected chi connectivity index (χ2v) is 7.20. The van der Waals surface area contributed by atoms with Crippen LogP contribution >= 0.6 is 11.3 Å². The average molecular weight is 280 g/mol. The maximum atomic E-state index is 9.17. The van der Waals surface area contributed by atoms with E-state index >= 15 is 0 Å². The van der Waals surface area contributed by atoms with Gasteiger partial charge in [0.2, 0.25) is 0 Å². The lowest BCUT2D eigenvalue weighted by Crippen LogP contribution is -2.34. The molecular formula is C15H24N2OS. The zero-order valence-electron chi connectivity index (χ0n) is 11.6. The monoisotopic (exact) mass is 280 g/mol. The molecule has 1 aromatic rings. The summed E-state index contributed by atoms with van der Waals surface area (Å²) in [6, 6.07) is 0. The molecule has 2 aliphatic rings. The van der Waals surface area contributed by atoms with Crippen molar-refractivity contribution in [3.05, 3.63) is 16.1 Å². The molecule has 2 heterocycles. The predicted octanol–water partition coefficient (Wildman–Crippen LogP) is 3.01. The van der Waals surface area contributed by atoms with Gasteiger partial charge in [-0.2, -0.15) is 0 Å². The summed E-state index contributed by atoms with van der Waals surface area (Å²) >= 11 is 1.93. The van der Waals surface area contributed by atoms with Gasteiger partial charge in [-0.05, 0) is 44.7 Å². The second kappa shape index (κ2) is 6.33. The molecule has 1 saturated carbocycles. The lowest BCUT2D eigenvalue weighted by molar-refractivity contribution is 0.128. The highest BCUT2D eigenvalue weighted by Crippen LogP contribution is 2.36. The smallest absolute Gasteiger partial charge is 0.0959 e. The Kier molecular flexibility index (Phi) is 4.51. The Morgan fingerprint density at radius 1 is 1.21 bits per heavy atom. The first-order valence-electron chi connectivity index (χ1n) is 7.63. The minimum atomic E-state index is 0.361. The summed E-state index contributed by atoms with van der Waals surface area (Å²) in [6.07, 6.45) is 9.83. The summed E-state index contributed by atoms with van der Waals surface area (Å²) in [4.78, 5) is 8.58. The molecule has 0 aromatic carbocycles. The molecule has 1 aliphatic heterocycles. The van der Waals surface area contributed by atoms with E-state index in [4.69, 9.17) is 5.11 Å². The minimum Gasteiger partial charge on any atom is -0.396 e. The number of thiazole rings is 1. The zero-order chi connectivity index (χ0) is 13.1. The Balaban J connectivity index is 1.52. The fourth-order valence-corrected chi connectivity index (χ4v) is 4.43. The van der Waals surface area contributed by atoms with Gasteiger partial charge in [0, 0.05) is 30.1 Å². The first-order valence-corrected chi connectivity index (χ1v) is 8.44. The second-order valence-electron chi connectivity index (χ2n) is 6.05. The van der Waals surface area contributed by atoms with Crippen molar-refractivity contribution >= 4 is 11.3 Å². The summed E-state index contributed by atoms with van der Waals surface area (Å²) < 4.78 is 0. The molecule has 0 bridgehead atoms. The van der Waals surface area contributed by atoms with Gasteiger partial charge in [-0.15, -0.1) is 11.3 Å². The van der Waals surface area contributed by atoms with Gasteiger partial charge in [0.05, 0.1) is 5.01 Å². The summed E-state index contributed by atoms with van der Waals surface area (Å²) in [5, 5.41) is 10.5. The zero-order valence-corrected chi connectivity index (χ0v) is 12.4. The van der Waals surface area contributed by atoms with Gasteiger partial charge in [0.15, 0.2) is 0 Å². The molecule has 0 unspecified atom stereocenters. The number of aliphatic hydroxyl groups excluding tert-OH is 1. The molecule has 2 fully saturated rings. The molecule has 0 radical (unpaired) electrons. The maximum absolute atomic E-state index is 9.17. The van der Waals surface area contributed by atoms with Crippen LogP contribution in [0.5, 0.6) is 0 Å². The van der Waals surface area contributed by atoms with Crippen LogP contribution in [-0.2, 0) is 6.54 Å². The fraction of sp³-hybridized carbons (Fsp3) is 0.800. The standard InChI is InChI=1S/C15H24N2OS/c18-11-12-5-7-17(8-6-12)10-14-9-16-15(19-14)13-3-1-2-4-13/h9,12-13,18H,1-8,10-11H2. The van der Waals surface area contributed by atoms with Crippen molar-refractivity contribution in [2.24, 2.45) is 5.92 Å². The minimum absolute atomic E-state index is 0.361. The highest BCUT2D eigenvalue weighted by Gasteiger charge is 2.22. The summed E-state index contributed by atoms with van der Waals surface area (Å²) in [6.45, 7) is 3.67. The molecule has 0 spiro atoms. The molecule has 19 heavy (non-hydrogen) atoms. The van der Waals surface area contributed by atoms with Crippen molar-refractivity contribution in [2.45, 2.75) is 51.0 Å². The molecule has 1 aromatic heterocycles. The Bertz CT molecular complexity index is 393. The lowest BCUT2D eigenvalue weighted by Gasteiger charge is -2.30. The third kappa shape index (κ3) is 3.36. The molecule has 1 aliphatic carbocycles. The van der Waals surface area contributed by atoms with Gasteiger partial charge in [-0.3, -0.25) is 4.90 Å². The Hall–Kier alpha value is -0.450. The predicted molar refractivity (Wildman–Crippen MR) is 78.4 cm³/mol. The van der Waals surface area contributed by atoms with Crippen molar-refractivity contribution in [3.63, 3.8) is 0 Å². The number of piperidine rings is 1. The third-order valence-electron chi connectivity index (χ3n) is 4.62. The van der Waals surface area contributed by atoms with Crippen molar-refractivity contribution in [2.75, 3.05) is 19.7 Å². The molecule has 3 nitrogen and oxygen atoms in total. The summed E-state index contributed by atoms with van der Waals surface area (Å²) in [7, 11) is 0. The molecular weight excluding hydrogens is 256 g/mol.